The average Bonchev–Trinajstić information content (AvgIpc) is 2.96. The van der Waals surface area contributed by atoms with Crippen molar-refractivity contribution in [2.24, 2.45) is 0 Å². The number of nitrogens with zero attached hydrogens (tertiary/aromatic N) is 4. The standard InChI is InChI=1S/C15H23N5O/c1-6-19-9-13(10(3)17-19)8-16-15(21)14-11(4)18-20(7-2)12(14)5/h9H,6-8H2,1-5H3,(H,16,21). The molecule has 0 aliphatic carbocycles. The Bertz CT molecular complexity index is 653. The first-order valence-corrected chi connectivity index (χ1v) is 7.33. The number of aromatic nitrogens is 4. The number of nitrogens with one attached hydrogen (secondary N) is 1. The minimum Gasteiger partial charge on any atom is -0.348 e. The Morgan fingerprint density at radius 2 is 1.86 bits per heavy atom. The summed E-state index contributed by atoms with van der Waals surface area (Å²) in [5.74, 6) is -0.0756. The van der Waals surface area contributed by atoms with Gasteiger partial charge in [0.25, 0.3) is 5.91 Å². The van der Waals surface area contributed by atoms with Gasteiger partial charge in [-0.3, -0.25) is 14.2 Å². The molecule has 21 heavy (non-hydrogen) atoms. The third kappa shape index (κ3) is 2.99. The highest BCUT2D eigenvalue weighted by molar-refractivity contribution is 5.96. The van der Waals surface area contributed by atoms with Gasteiger partial charge in [-0.05, 0) is 34.6 Å². The van der Waals surface area contributed by atoms with Crippen molar-refractivity contribution in [3.05, 3.63) is 34.4 Å². The van der Waals surface area contributed by atoms with Gasteiger partial charge in [-0.15, -0.1) is 0 Å². The monoisotopic (exact) mass is 289 g/mol. The first kappa shape index (κ1) is 15.3. The van der Waals surface area contributed by atoms with Gasteiger partial charge in [0.15, 0.2) is 0 Å². The van der Waals surface area contributed by atoms with Gasteiger partial charge >= 0.3 is 0 Å². The van der Waals surface area contributed by atoms with Crippen LogP contribution in [-0.2, 0) is 19.6 Å². The molecule has 0 fully saturated rings. The van der Waals surface area contributed by atoms with Crippen LogP contribution in [0.25, 0.3) is 0 Å². The van der Waals surface area contributed by atoms with Crippen molar-refractivity contribution in [2.75, 3.05) is 0 Å². The highest BCUT2D eigenvalue weighted by Crippen LogP contribution is 2.13. The van der Waals surface area contributed by atoms with E-state index in [0.29, 0.717) is 12.1 Å². The number of rotatable bonds is 5. The lowest BCUT2D eigenvalue weighted by molar-refractivity contribution is 0.0949. The second kappa shape index (κ2) is 6.11. The summed E-state index contributed by atoms with van der Waals surface area (Å²) in [6, 6.07) is 0. The molecule has 0 bridgehead atoms. The Balaban J connectivity index is 2.11. The van der Waals surface area contributed by atoms with Gasteiger partial charge in [-0.2, -0.15) is 10.2 Å². The van der Waals surface area contributed by atoms with Crippen LogP contribution in [0.1, 0.15) is 46.9 Å². The molecule has 0 aliphatic heterocycles. The number of hydrogen-bond donors (Lipinski definition) is 1. The predicted octanol–water partition coefficient (Wildman–Crippen LogP) is 1.97. The van der Waals surface area contributed by atoms with E-state index >= 15 is 0 Å². The summed E-state index contributed by atoms with van der Waals surface area (Å²) < 4.78 is 3.73. The van der Waals surface area contributed by atoms with Crippen LogP contribution < -0.4 is 5.32 Å². The molecule has 1 N–H and O–H groups in total. The Labute approximate surface area is 125 Å². The summed E-state index contributed by atoms with van der Waals surface area (Å²) in [6.45, 7) is 11.9. The minimum atomic E-state index is -0.0756. The van der Waals surface area contributed by atoms with Crippen LogP contribution in [0, 0.1) is 20.8 Å². The molecule has 0 radical (unpaired) electrons. The Morgan fingerprint density at radius 1 is 1.14 bits per heavy atom. The topological polar surface area (TPSA) is 64.7 Å². The summed E-state index contributed by atoms with van der Waals surface area (Å²) in [4.78, 5) is 12.4. The van der Waals surface area contributed by atoms with E-state index in [9.17, 15) is 4.79 Å². The van der Waals surface area contributed by atoms with Crippen molar-refractivity contribution in [1.29, 1.82) is 0 Å². The maximum absolute atomic E-state index is 12.4. The lowest BCUT2D eigenvalue weighted by Crippen LogP contribution is -2.24. The maximum Gasteiger partial charge on any atom is 0.255 e. The molecule has 114 valence electrons. The Hall–Kier alpha value is -2.11. The molecule has 6 nitrogen and oxygen atoms in total. The second-order valence-corrected chi connectivity index (χ2v) is 5.14. The van der Waals surface area contributed by atoms with Gasteiger partial charge in [0, 0.05) is 37.1 Å². The first-order valence-electron chi connectivity index (χ1n) is 7.33. The van der Waals surface area contributed by atoms with Crippen LogP contribution in [0.4, 0.5) is 0 Å². The summed E-state index contributed by atoms with van der Waals surface area (Å²) in [5.41, 5.74) is 4.36. The molecule has 0 aromatic carbocycles. The zero-order chi connectivity index (χ0) is 15.6. The van der Waals surface area contributed by atoms with Gasteiger partial charge in [0.1, 0.15) is 0 Å². The molecule has 2 aromatic rings. The molecule has 0 spiro atoms. The van der Waals surface area contributed by atoms with E-state index in [1.807, 2.05) is 50.2 Å². The van der Waals surface area contributed by atoms with E-state index in [1.165, 1.54) is 0 Å². The quantitative estimate of drug-likeness (QED) is 0.915. The molecule has 0 unspecified atom stereocenters. The predicted molar refractivity (Wildman–Crippen MR) is 81.2 cm³/mol. The molecule has 0 saturated heterocycles. The van der Waals surface area contributed by atoms with Gasteiger partial charge < -0.3 is 5.32 Å². The van der Waals surface area contributed by atoms with E-state index in [0.717, 1.165) is 35.7 Å². The highest BCUT2D eigenvalue weighted by Gasteiger charge is 2.18. The second-order valence-electron chi connectivity index (χ2n) is 5.14. The summed E-state index contributed by atoms with van der Waals surface area (Å²) in [6.07, 6.45) is 1.98. The normalized spacial score (nSPS) is 10.9. The molecule has 6 heteroatoms. The Kier molecular flexibility index (Phi) is 4.45. The molecule has 0 atom stereocenters. The number of amides is 1. The van der Waals surface area contributed by atoms with Crippen LogP contribution >= 0.6 is 0 Å². The van der Waals surface area contributed by atoms with E-state index in [4.69, 9.17) is 0 Å². The third-order valence-corrected chi connectivity index (χ3v) is 3.72. The Morgan fingerprint density at radius 3 is 2.38 bits per heavy atom. The number of hydrogen-bond acceptors (Lipinski definition) is 3. The van der Waals surface area contributed by atoms with Crippen molar-refractivity contribution < 1.29 is 4.79 Å². The lowest BCUT2D eigenvalue weighted by Gasteiger charge is -2.05. The van der Waals surface area contributed by atoms with E-state index in [1.54, 1.807) is 0 Å². The van der Waals surface area contributed by atoms with Crippen LogP contribution in [-0.4, -0.2) is 25.5 Å². The van der Waals surface area contributed by atoms with Gasteiger partial charge in [-0.1, -0.05) is 0 Å². The van der Waals surface area contributed by atoms with Crippen molar-refractivity contribution in [1.82, 2.24) is 24.9 Å². The maximum atomic E-state index is 12.4. The molecule has 1 amide bonds. The molecule has 0 saturated carbocycles. The van der Waals surface area contributed by atoms with Crippen LogP contribution in [0.2, 0.25) is 0 Å². The lowest BCUT2D eigenvalue weighted by atomic mass is 10.1. The largest absolute Gasteiger partial charge is 0.348 e. The highest BCUT2D eigenvalue weighted by atomic mass is 16.1. The fourth-order valence-electron chi connectivity index (χ4n) is 2.49. The summed E-state index contributed by atoms with van der Waals surface area (Å²) >= 11 is 0. The zero-order valence-corrected chi connectivity index (χ0v) is 13.4. The molecule has 0 aliphatic rings. The summed E-state index contributed by atoms with van der Waals surface area (Å²) in [7, 11) is 0. The number of aryl methyl sites for hydroxylation is 4. The van der Waals surface area contributed by atoms with Gasteiger partial charge in [0.2, 0.25) is 0 Å². The third-order valence-electron chi connectivity index (χ3n) is 3.72. The van der Waals surface area contributed by atoms with Crippen molar-refractivity contribution in [3.8, 4) is 0 Å². The smallest absolute Gasteiger partial charge is 0.255 e. The molecular weight excluding hydrogens is 266 g/mol. The number of carbonyl (C=O) groups excluding carboxylic acids is 1. The minimum absolute atomic E-state index is 0.0756. The van der Waals surface area contributed by atoms with E-state index < -0.39 is 0 Å². The van der Waals surface area contributed by atoms with Crippen molar-refractivity contribution in [2.45, 2.75) is 54.3 Å². The number of carbonyl (C=O) groups is 1. The fourth-order valence-corrected chi connectivity index (χ4v) is 2.49. The molecule has 2 heterocycles. The van der Waals surface area contributed by atoms with Crippen LogP contribution in [0.5, 0.6) is 0 Å². The first-order chi connectivity index (χ1) is 9.97. The van der Waals surface area contributed by atoms with Gasteiger partial charge in [-0.25, -0.2) is 0 Å². The molecule has 2 aromatic heterocycles. The zero-order valence-electron chi connectivity index (χ0n) is 13.4. The van der Waals surface area contributed by atoms with E-state index in [-0.39, 0.29) is 5.91 Å². The van der Waals surface area contributed by atoms with E-state index in [2.05, 4.69) is 15.5 Å². The molecule has 2 rings (SSSR count). The summed E-state index contributed by atoms with van der Waals surface area (Å²) in [5, 5.41) is 11.7. The fraction of sp³-hybridized carbons (Fsp3) is 0.533. The van der Waals surface area contributed by atoms with Crippen LogP contribution in [0.15, 0.2) is 6.20 Å². The van der Waals surface area contributed by atoms with Crippen molar-refractivity contribution >= 4 is 5.91 Å². The van der Waals surface area contributed by atoms with Gasteiger partial charge in [0.05, 0.1) is 17.0 Å². The average molecular weight is 289 g/mol. The molecular formula is C15H23N5O. The SMILES string of the molecule is CCn1cc(CNC(=O)c2c(C)nn(CC)c2C)c(C)n1. The van der Waals surface area contributed by atoms with Crippen LogP contribution in [0.3, 0.4) is 0 Å². The van der Waals surface area contributed by atoms with Crippen molar-refractivity contribution in [3.63, 3.8) is 0 Å².